The Balaban J connectivity index is 1.47. The summed E-state index contributed by atoms with van der Waals surface area (Å²) in [5.74, 6) is -0.458. The van der Waals surface area contributed by atoms with Crippen molar-refractivity contribution in [3.63, 3.8) is 0 Å². The fourth-order valence-corrected chi connectivity index (χ4v) is 4.13. The van der Waals surface area contributed by atoms with Gasteiger partial charge in [-0.05, 0) is 29.3 Å². The summed E-state index contributed by atoms with van der Waals surface area (Å²) in [5, 5.41) is 0.761. The van der Waals surface area contributed by atoms with Gasteiger partial charge in [0.25, 0.3) is 0 Å². The van der Waals surface area contributed by atoms with Crippen molar-refractivity contribution >= 4 is 39.5 Å². The number of esters is 1. The van der Waals surface area contributed by atoms with Gasteiger partial charge >= 0.3 is 5.97 Å². The minimum atomic E-state index is -0.355. The number of amides is 1. The maximum Gasteiger partial charge on any atom is 0.308 e. The quantitative estimate of drug-likeness (QED) is 0.635. The highest BCUT2D eigenvalue weighted by Crippen LogP contribution is 2.33. The predicted octanol–water partition coefficient (Wildman–Crippen LogP) is 4.30. The lowest BCUT2D eigenvalue weighted by molar-refractivity contribution is -0.146. The average Bonchev–Trinajstić information content (AvgIpc) is 3.09. The van der Waals surface area contributed by atoms with Gasteiger partial charge in [-0.25, -0.2) is 4.98 Å². The summed E-state index contributed by atoms with van der Waals surface area (Å²) in [6, 6.07) is 15.2. The number of rotatable bonds is 4. The van der Waals surface area contributed by atoms with Crippen LogP contribution in [0.15, 0.2) is 54.7 Å². The Kier molecular flexibility index (Phi) is 4.73. The third-order valence-corrected chi connectivity index (χ3v) is 5.53. The van der Waals surface area contributed by atoms with Crippen LogP contribution in [0.25, 0.3) is 16.3 Å². The molecule has 0 bridgehead atoms. The molecule has 0 N–H and O–H groups in total. The van der Waals surface area contributed by atoms with Crippen molar-refractivity contribution in [3.8, 4) is 0 Å². The van der Waals surface area contributed by atoms with E-state index in [1.165, 1.54) is 18.3 Å². The Hall–Kier alpha value is -2.99. The zero-order valence-electron chi connectivity index (χ0n) is 14.8. The average molecular weight is 378 g/mol. The van der Waals surface area contributed by atoms with Gasteiger partial charge in [0, 0.05) is 13.1 Å². The highest BCUT2D eigenvalue weighted by molar-refractivity contribution is 7.18. The largest absolute Gasteiger partial charge is 0.458 e. The number of carbonyl (C=O) groups excluding carboxylic acids is 2. The zero-order chi connectivity index (χ0) is 18.8. The molecule has 4 rings (SSSR count). The summed E-state index contributed by atoms with van der Waals surface area (Å²) < 4.78 is 6.52. The standard InChI is InChI=1S/C21H18N2O3S/c1-14(24)23-11-10-15-6-2-3-7-16(15)18(23)12-21(25)26-13-20-22-17-8-4-5-9-19(17)27-20/h2-11,18H,12-13H2,1H3. The Morgan fingerprint density at radius 1 is 1.15 bits per heavy atom. The number of hydrogen-bond acceptors (Lipinski definition) is 5. The lowest BCUT2D eigenvalue weighted by atomic mass is 9.94. The molecule has 0 radical (unpaired) electrons. The molecule has 1 atom stereocenters. The second kappa shape index (κ2) is 7.32. The maximum atomic E-state index is 12.5. The van der Waals surface area contributed by atoms with E-state index < -0.39 is 0 Å². The van der Waals surface area contributed by atoms with E-state index in [1.807, 2.05) is 54.6 Å². The molecule has 0 aliphatic carbocycles. The Morgan fingerprint density at radius 3 is 2.74 bits per heavy atom. The van der Waals surface area contributed by atoms with Crippen molar-refractivity contribution < 1.29 is 14.3 Å². The van der Waals surface area contributed by atoms with Gasteiger partial charge in [-0.15, -0.1) is 11.3 Å². The van der Waals surface area contributed by atoms with Crippen LogP contribution in [0.3, 0.4) is 0 Å². The summed E-state index contributed by atoms with van der Waals surface area (Å²) >= 11 is 1.52. The van der Waals surface area contributed by atoms with E-state index in [0.29, 0.717) is 0 Å². The first-order valence-corrected chi connectivity index (χ1v) is 9.49. The van der Waals surface area contributed by atoms with E-state index in [1.54, 1.807) is 11.1 Å². The van der Waals surface area contributed by atoms with Gasteiger partial charge in [0.15, 0.2) is 0 Å². The minimum Gasteiger partial charge on any atom is -0.458 e. The molecule has 5 nitrogen and oxygen atoms in total. The molecule has 0 saturated heterocycles. The fourth-order valence-electron chi connectivity index (χ4n) is 3.25. The van der Waals surface area contributed by atoms with Crippen molar-refractivity contribution in [3.05, 3.63) is 70.9 Å². The van der Waals surface area contributed by atoms with Gasteiger partial charge < -0.3 is 9.64 Å². The van der Waals surface area contributed by atoms with Crippen LogP contribution in [-0.2, 0) is 20.9 Å². The molecule has 2 heterocycles. The molecular formula is C21H18N2O3S. The highest BCUT2D eigenvalue weighted by atomic mass is 32.1. The van der Waals surface area contributed by atoms with E-state index in [2.05, 4.69) is 4.98 Å². The number of para-hydroxylation sites is 1. The van der Waals surface area contributed by atoms with Crippen LogP contribution in [0.1, 0.15) is 35.5 Å². The van der Waals surface area contributed by atoms with Crippen molar-refractivity contribution in [1.29, 1.82) is 0 Å². The van der Waals surface area contributed by atoms with Gasteiger partial charge in [0.2, 0.25) is 5.91 Å². The summed E-state index contributed by atoms with van der Waals surface area (Å²) in [6.45, 7) is 1.64. The lowest BCUT2D eigenvalue weighted by Crippen LogP contribution is -2.32. The second-order valence-corrected chi connectivity index (χ2v) is 7.44. The van der Waals surface area contributed by atoms with E-state index in [-0.39, 0.29) is 30.9 Å². The van der Waals surface area contributed by atoms with Crippen molar-refractivity contribution in [2.75, 3.05) is 0 Å². The molecule has 27 heavy (non-hydrogen) atoms. The smallest absolute Gasteiger partial charge is 0.308 e. The molecule has 0 saturated carbocycles. The van der Waals surface area contributed by atoms with Crippen LogP contribution in [0.2, 0.25) is 0 Å². The van der Waals surface area contributed by atoms with Crippen molar-refractivity contribution in [1.82, 2.24) is 9.88 Å². The van der Waals surface area contributed by atoms with Crippen LogP contribution in [0.5, 0.6) is 0 Å². The number of benzene rings is 2. The van der Waals surface area contributed by atoms with Crippen molar-refractivity contribution in [2.45, 2.75) is 26.0 Å². The monoisotopic (exact) mass is 378 g/mol. The number of hydrogen-bond donors (Lipinski definition) is 0. The zero-order valence-corrected chi connectivity index (χ0v) is 15.6. The van der Waals surface area contributed by atoms with Gasteiger partial charge in [-0.3, -0.25) is 9.59 Å². The van der Waals surface area contributed by atoms with Crippen LogP contribution < -0.4 is 0 Å². The predicted molar refractivity (Wildman–Crippen MR) is 105 cm³/mol. The second-order valence-electron chi connectivity index (χ2n) is 6.33. The molecular weight excluding hydrogens is 360 g/mol. The van der Waals surface area contributed by atoms with E-state index >= 15 is 0 Å². The molecule has 1 aromatic heterocycles. The molecule has 1 aliphatic heterocycles. The van der Waals surface area contributed by atoms with E-state index in [4.69, 9.17) is 4.74 Å². The normalized spacial score (nSPS) is 15.6. The number of fused-ring (bicyclic) bond motifs is 2. The fraction of sp³-hybridized carbons (Fsp3) is 0.190. The van der Waals surface area contributed by atoms with Crippen molar-refractivity contribution in [2.24, 2.45) is 0 Å². The molecule has 1 aliphatic rings. The van der Waals surface area contributed by atoms with Crippen LogP contribution in [0, 0.1) is 0 Å². The molecule has 0 spiro atoms. The maximum absolute atomic E-state index is 12.5. The first-order chi connectivity index (χ1) is 13.1. The minimum absolute atomic E-state index is 0.103. The SMILES string of the molecule is CC(=O)N1C=Cc2ccccc2C1CC(=O)OCc1nc2ccccc2s1. The van der Waals surface area contributed by atoms with Crippen LogP contribution >= 0.6 is 11.3 Å². The molecule has 2 aromatic carbocycles. The summed E-state index contributed by atoms with van der Waals surface area (Å²) in [6.07, 6.45) is 3.72. The van der Waals surface area contributed by atoms with Gasteiger partial charge in [0.1, 0.15) is 11.6 Å². The first kappa shape index (κ1) is 17.4. The van der Waals surface area contributed by atoms with E-state index in [0.717, 1.165) is 26.4 Å². The third kappa shape index (κ3) is 3.61. The number of carbonyl (C=O) groups is 2. The summed E-state index contributed by atoms with van der Waals surface area (Å²) in [5.41, 5.74) is 2.87. The Labute approximate surface area is 160 Å². The van der Waals surface area contributed by atoms with Gasteiger partial charge in [-0.1, -0.05) is 36.4 Å². The summed E-state index contributed by atoms with van der Waals surface area (Å²) in [7, 11) is 0. The molecule has 3 aromatic rings. The molecule has 1 amide bonds. The third-order valence-electron chi connectivity index (χ3n) is 4.52. The van der Waals surface area contributed by atoms with E-state index in [9.17, 15) is 9.59 Å². The number of thiazole rings is 1. The number of nitrogens with zero attached hydrogens (tertiary/aromatic N) is 2. The van der Waals surface area contributed by atoms with Crippen LogP contribution in [-0.4, -0.2) is 21.8 Å². The topological polar surface area (TPSA) is 59.5 Å². The van der Waals surface area contributed by atoms with Gasteiger partial charge in [0.05, 0.1) is 22.7 Å². The first-order valence-electron chi connectivity index (χ1n) is 8.68. The number of ether oxygens (including phenoxy) is 1. The lowest BCUT2D eigenvalue weighted by Gasteiger charge is -2.32. The molecule has 136 valence electrons. The molecule has 6 heteroatoms. The Bertz CT molecular complexity index is 1010. The van der Waals surface area contributed by atoms with Crippen LogP contribution in [0.4, 0.5) is 0 Å². The summed E-state index contributed by atoms with van der Waals surface area (Å²) in [4.78, 5) is 30.5. The highest BCUT2D eigenvalue weighted by Gasteiger charge is 2.28. The Morgan fingerprint density at radius 2 is 1.93 bits per heavy atom. The molecule has 1 unspecified atom stereocenters. The molecule has 0 fully saturated rings. The van der Waals surface area contributed by atoms with Gasteiger partial charge in [-0.2, -0.15) is 0 Å². The number of aromatic nitrogens is 1.